The molecule has 2 rings (SSSR count). The molecule has 0 spiro atoms. The van der Waals surface area contributed by atoms with Crippen LogP contribution < -0.4 is 11.1 Å². The van der Waals surface area contributed by atoms with E-state index in [1.807, 2.05) is 0 Å². The van der Waals surface area contributed by atoms with Gasteiger partial charge in [0.25, 0.3) is 5.91 Å². The van der Waals surface area contributed by atoms with Gasteiger partial charge in [0.2, 0.25) is 0 Å². The lowest BCUT2D eigenvalue weighted by Gasteiger charge is -2.09. The molecule has 0 aromatic heterocycles. The van der Waals surface area contributed by atoms with Crippen LogP contribution in [-0.4, -0.2) is 10.8 Å². The van der Waals surface area contributed by atoms with Crippen LogP contribution in [0.4, 0.5) is 21.5 Å². The fourth-order valence-electron chi connectivity index (χ4n) is 1.75. The number of para-hydroxylation sites is 2. The molecule has 0 fully saturated rings. The van der Waals surface area contributed by atoms with E-state index in [-0.39, 0.29) is 22.0 Å². The number of nitrogens with zero attached hydrogens (tertiary/aromatic N) is 1. The fourth-order valence-corrected chi connectivity index (χ4v) is 1.96. The Morgan fingerprint density at radius 2 is 1.95 bits per heavy atom. The first-order chi connectivity index (χ1) is 9.91. The molecule has 0 atom stereocenters. The Hall–Kier alpha value is -2.67. The van der Waals surface area contributed by atoms with Crippen molar-refractivity contribution in [1.29, 1.82) is 0 Å². The number of hydrogen-bond acceptors (Lipinski definition) is 4. The summed E-state index contributed by atoms with van der Waals surface area (Å²) in [6.45, 7) is 0. The summed E-state index contributed by atoms with van der Waals surface area (Å²) in [4.78, 5) is 22.3. The molecule has 0 unspecified atom stereocenters. The lowest BCUT2D eigenvalue weighted by atomic mass is 10.1. The summed E-state index contributed by atoms with van der Waals surface area (Å²) >= 11 is 5.78. The number of nitrogens with two attached hydrogens (primary N) is 1. The highest BCUT2D eigenvalue weighted by molar-refractivity contribution is 6.34. The lowest BCUT2D eigenvalue weighted by Crippen LogP contribution is -2.16. The van der Waals surface area contributed by atoms with Crippen LogP contribution in [0.1, 0.15) is 10.4 Å². The van der Waals surface area contributed by atoms with Gasteiger partial charge in [0.1, 0.15) is 17.1 Å². The van der Waals surface area contributed by atoms with Crippen molar-refractivity contribution in [2.24, 2.45) is 0 Å². The Kier molecular flexibility index (Phi) is 4.04. The highest BCUT2D eigenvalue weighted by Crippen LogP contribution is 2.29. The summed E-state index contributed by atoms with van der Waals surface area (Å²) < 4.78 is 13.6. The van der Waals surface area contributed by atoms with Gasteiger partial charge in [-0.3, -0.25) is 14.9 Å². The molecular formula is C13H9ClFN3O3. The smallest absolute Gasteiger partial charge is 0.304 e. The van der Waals surface area contributed by atoms with E-state index in [9.17, 15) is 19.3 Å². The van der Waals surface area contributed by atoms with Crippen LogP contribution in [0.5, 0.6) is 0 Å². The first-order valence-electron chi connectivity index (χ1n) is 5.70. The highest BCUT2D eigenvalue weighted by atomic mass is 35.5. The van der Waals surface area contributed by atoms with Crippen LogP contribution in [-0.2, 0) is 0 Å². The van der Waals surface area contributed by atoms with E-state index in [1.165, 1.54) is 30.3 Å². The number of carbonyl (C=O) groups is 1. The standard InChI is InChI=1S/C13H9ClFN3O3/c14-8-4-2-5-9(15)11(8)17-13(19)7-3-1-6-10(16)12(7)18(20)21/h1-6H,16H2,(H,17,19). The molecule has 0 radical (unpaired) electrons. The molecule has 0 heterocycles. The first kappa shape index (κ1) is 14.7. The zero-order valence-electron chi connectivity index (χ0n) is 10.5. The summed E-state index contributed by atoms with van der Waals surface area (Å²) in [6, 6.07) is 7.77. The van der Waals surface area contributed by atoms with Gasteiger partial charge in [0.05, 0.1) is 15.6 Å². The Labute approximate surface area is 123 Å². The van der Waals surface area contributed by atoms with Gasteiger partial charge < -0.3 is 11.1 Å². The van der Waals surface area contributed by atoms with E-state index in [0.717, 1.165) is 6.07 Å². The lowest BCUT2D eigenvalue weighted by molar-refractivity contribution is -0.384. The minimum Gasteiger partial charge on any atom is -0.393 e. The topological polar surface area (TPSA) is 98.3 Å². The number of rotatable bonds is 3. The molecule has 0 aliphatic rings. The van der Waals surface area contributed by atoms with E-state index in [1.54, 1.807) is 0 Å². The molecule has 0 bridgehead atoms. The summed E-state index contributed by atoms with van der Waals surface area (Å²) in [5.41, 5.74) is 4.26. The number of nitrogen functional groups attached to an aromatic ring is 1. The quantitative estimate of drug-likeness (QED) is 0.516. The van der Waals surface area contributed by atoms with Crippen LogP contribution in [0.3, 0.4) is 0 Å². The molecule has 1 amide bonds. The summed E-state index contributed by atoms with van der Waals surface area (Å²) in [6.07, 6.45) is 0. The van der Waals surface area contributed by atoms with Crippen molar-refractivity contribution in [2.75, 3.05) is 11.1 Å². The second kappa shape index (κ2) is 5.76. The third kappa shape index (κ3) is 2.92. The van der Waals surface area contributed by atoms with Gasteiger partial charge in [-0.15, -0.1) is 0 Å². The van der Waals surface area contributed by atoms with Gasteiger partial charge >= 0.3 is 5.69 Å². The van der Waals surface area contributed by atoms with Crippen molar-refractivity contribution in [3.63, 3.8) is 0 Å². The molecule has 0 aliphatic heterocycles. The summed E-state index contributed by atoms with van der Waals surface area (Å²) in [5, 5.41) is 13.2. The molecular weight excluding hydrogens is 301 g/mol. The Morgan fingerprint density at radius 1 is 1.29 bits per heavy atom. The molecule has 2 aromatic carbocycles. The number of nitro groups is 1. The van der Waals surface area contributed by atoms with Crippen molar-refractivity contribution in [2.45, 2.75) is 0 Å². The molecule has 0 aliphatic carbocycles. The second-order valence-electron chi connectivity index (χ2n) is 4.05. The van der Waals surface area contributed by atoms with E-state index < -0.39 is 22.3 Å². The average Bonchev–Trinajstić information content (AvgIpc) is 2.42. The molecule has 2 aromatic rings. The van der Waals surface area contributed by atoms with Crippen LogP contribution in [0.15, 0.2) is 36.4 Å². The molecule has 8 heteroatoms. The fraction of sp³-hybridized carbons (Fsp3) is 0. The summed E-state index contributed by atoms with van der Waals surface area (Å²) in [5.74, 6) is -1.62. The largest absolute Gasteiger partial charge is 0.393 e. The van der Waals surface area contributed by atoms with Crippen LogP contribution in [0.25, 0.3) is 0 Å². The predicted molar refractivity (Wildman–Crippen MR) is 76.9 cm³/mol. The van der Waals surface area contributed by atoms with Gasteiger partial charge in [-0.1, -0.05) is 23.7 Å². The van der Waals surface area contributed by atoms with Crippen molar-refractivity contribution >= 4 is 34.6 Å². The van der Waals surface area contributed by atoms with Crippen molar-refractivity contribution in [3.05, 3.63) is 62.9 Å². The zero-order valence-corrected chi connectivity index (χ0v) is 11.2. The maximum atomic E-state index is 13.6. The third-order valence-corrected chi connectivity index (χ3v) is 3.01. The van der Waals surface area contributed by atoms with Crippen molar-refractivity contribution < 1.29 is 14.1 Å². The van der Waals surface area contributed by atoms with Crippen LogP contribution in [0.2, 0.25) is 5.02 Å². The number of nitro benzene ring substituents is 1. The molecule has 3 N–H and O–H groups in total. The maximum Gasteiger partial charge on any atom is 0.304 e. The van der Waals surface area contributed by atoms with Gasteiger partial charge in [0.15, 0.2) is 0 Å². The number of halogens is 2. The number of benzene rings is 2. The molecule has 0 saturated heterocycles. The van der Waals surface area contributed by atoms with Gasteiger partial charge in [-0.25, -0.2) is 4.39 Å². The maximum absolute atomic E-state index is 13.6. The van der Waals surface area contributed by atoms with E-state index in [0.29, 0.717) is 0 Å². The highest BCUT2D eigenvalue weighted by Gasteiger charge is 2.24. The number of hydrogen-bond donors (Lipinski definition) is 2. The Bertz CT molecular complexity index is 716. The van der Waals surface area contributed by atoms with Gasteiger partial charge in [-0.2, -0.15) is 0 Å². The van der Waals surface area contributed by atoms with Crippen molar-refractivity contribution in [3.8, 4) is 0 Å². The van der Waals surface area contributed by atoms with Crippen LogP contribution in [0, 0.1) is 15.9 Å². The van der Waals surface area contributed by atoms with E-state index in [4.69, 9.17) is 17.3 Å². The summed E-state index contributed by atoms with van der Waals surface area (Å²) in [7, 11) is 0. The minimum atomic E-state index is -0.874. The number of amides is 1. The normalized spacial score (nSPS) is 10.2. The number of anilines is 2. The number of carbonyl (C=O) groups excluding carboxylic acids is 1. The molecule has 6 nitrogen and oxygen atoms in total. The molecule has 108 valence electrons. The minimum absolute atomic E-state index is 0.0186. The Balaban J connectivity index is 2.43. The Morgan fingerprint density at radius 3 is 2.57 bits per heavy atom. The zero-order chi connectivity index (χ0) is 15.6. The van der Waals surface area contributed by atoms with Gasteiger partial charge in [0, 0.05) is 0 Å². The second-order valence-corrected chi connectivity index (χ2v) is 4.46. The van der Waals surface area contributed by atoms with Gasteiger partial charge in [-0.05, 0) is 24.3 Å². The van der Waals surface area contributed by atoms with Crippen LogP contribution >= 0.6 is 11.6 Å². The van der Waals surface area contributed by atoms with Crippen molar-refractivity contribution in [1.82, 2.24) is 0 Å². The number of nitrogens with one attached hydrogen (secondary N) is 1. The predicted octanol–water partition coefficient (Wildman–Crippen LogP) is 3.22. The first-order valence-corrected chi connectivity index (χ1v) is 6.08. The third-order valence-electron chi connectivity index (χ3n) is 2.70. The monoisotopic (exact) mass is 309 g/mol. The van der Waals surface area contributed by atoms with E-state index >= 15 is 0 Å². The average molecular weight is 310 g/mol. The SMILES string of the molecule is Nc1cccc(C(=O)Nc2c(F)cccc2Cl)c1[N+](=O)[O-]. The van der Waals surface area contributed by atoms with E-state index in [2.05, 4.69) is 5.32 Å². The molecule has 21 heavy (non-hydrogen) atoms. The molecule has 0 saturated carbocycles.